The number of ketones is 1. The molecule has 1 fully saturated rings. The number of likely N-dealkylation sites (N-methyl/N-ethyl adjacent to an activating group) is 1. The van der Waals surface area contributed by atoms with Crippen molar-refractivity contribution >= 4 is 23.4 Å². The zero-order valence-corrected chi connectivity index (χ0v) is 14.4. The zero-order valence-electron chi connectivity index (χ0n) is 12.9. The number of hydrogen-bond acceptors (Lipinski definition) is 5. The molecule has 0 radical (unpaired) electrons. The van der Waals surface area contributed by atoms with Crippen LogP contribution in [-0.2, 0) is 4.79 Å². The lowest BCUT2D eigenvalue weighted by atomic mass is 10.3. The zero-order chi connectivity index (χ0) is 14.5. The van der Waals surface area contributed by atoms with E-state index in [1.165, 1.54) is 0 Å². The molecule has 1 aliphatic rings. The summed E-state index contributed by atoms with van der Waals surface area (Å²) in [7, 11) is 2.15. The maximum Gasteiger partial charge on any atom is 0.296 e. The second-order valence-corrected chi connectivity index (χ2v) is 6.39. The lowest BCUT2D eigenvalue weighted by Crippen LogP contribution is -3.00. The Morgan fingerprint density at radius 3 is 2.67 bits per heavy atom. The van der Waals surface area contributed by atoms with Crippen molar-refractivity contribution in [2.24, 2.45) is 0 Å². The fourth-order valence-corrected chi connectivity index (χ4v) is 3.11. The van der Waals surface area contributed by atoms with Crippen LogP contribution in [0.15, 0.2) is 11.2 Å². The third-order valence-electron chi connectivity index (χ3n) is 3.40. The Morgan fingerprint density at radius 1 is 1.38 bits per heavy atom. The molecular weight excluding hydrogens is 308 g/mol. The predicted octanol–water partition coefficient (Wildman–Crippen LogP) is -1.97. The van der Waals surface area contributed by atoms with E-state index in [2.05, 4.69) is 32.9 Å². The fraction of sp³-hybridized carbons (Fsp3) is 0.643. The van der Waals surface area contributed by atoms with E-state index >= 15 is 0 Å². The number of thioether (sulfide) groups is 1. The Bertz CT molecular complexity index is 478. The number of Topliss-reactive ketones (excluding diaryl/α,β-unsaturated/α-hetero) is 1. The molecule has 0 bridgehead atoms. The first kappa shape index (κ1) is 18.2. The minimum absolute atomic E-state index is 0. The Kier molecular flexibility index (Phi) is 7.42. The second kappa shape index (κ2) is 8.56. The van der Waals surface area contributed by atoms with E-state index in [0.29, 0.717) is 6.42 Å². The van der Waals surface area contributed by atoms with E-state index in [4.69, 9.17) is 0 Å². The molecule has 5 nitrogen and oxygen atoms in total. The van der Waals surface area contributed by atoms with Gasteiger partial charge in [0.25, 0.3) is 5.16 Å². The van der Waals surface area contributed by atoms with Crippen LogP contribution >= 0.6 is 11.8 Å². The summed E-state index contributed by atoms with van der Waals surface area (Å²) < 4.78 is 0. The number of aryl methyl sites for hydroxylation is 1. The standard InChI is InChI=1S/C14H22N4OS.ClH/c1-11-10-13(18-7-5-17(3)6-8-18)16-14(15-11)20-9-4-12(2)19;/h10H,4-9H2,1-3H3;1H. The van der Waals surface area contributed by atoms with Crippen LogP contribution in [0.25, 0.3) is 0 Å². The smallest absolute Gasteiger partial charge is 0.296 e. The van der Waals surface area contributed by atoms with Gasteiger partial charge in [0.15, 0.2) is 0 Å². The first-order valence-electron chi connectivity index (χ1n) is 7.01. The van der Waals surface area contributed by atoms with Crippen molar-refractivity contribution < 1.29 is 22.2 Å². The van der Waals surface area contributed by atoms with Gasteiger partial charge in [0.1, 0.15) is 11.5 Å². The number of halogens is 1. The molecular formula is C14H23ClN4OS. The number of H-pyrrole nitrogens is 1. The SMILES string of the molecule is CC(=O)CCSc1nc(C)cc(N2CCN(C)CC2)[nH+]1.[Cl-]. The van der Waals surface area contributed by atoms with Crippen molar-refractivity contribution in [3.8, 4) is 0 Å². The van der Waals surface area contributed by atoms with Crippen molar-refractivity contribution in [3.63, 3.8) is 0 Å². The molecule has 7 heteroatoms. The lowest BCUT2D eigenvalue weighted by Gasteiger charge is -2.29. The first-order valence-corrected chi connectivity index (χ1v) is 8.00. The second-order valence-electron chi connectivity index (χ2n) is 5.30. The Balaban J connectivity index is 0.00000220. The van der Waals surface area contributed by atoms with Crippen molar-refractivity contribution in [1.29, 1.82) is 0 Å². The summed E-state index contributed by atoms with van der Waals surface area (Å²) >= 11 is 1.62. The van der Waals surface area contributed by atoms with Gasteiger partial charge in [0.05, 0.1) is 13.1 Å². The predicted molar refractivity (Wildman–Crippen MR) is 81.3 cm³/mol. The lowest BCUT2D eigenvalue weighted by molar-refractivity contribution is -0.420. The number of nitrogens with one attached hydrogen (secondary N) is 1. The van der Waals surface area contributed by atoms with E-state index in [1.807, 2.05) is 6.92 Å². The van der Waals surface area contributed by atoms with Gasteiger partial charge >= 0.3 is 0 Å². The summed E-state index contributed by atoms with van der Waals surface area (Å²) in [5, 5.41) is 0.903. The largest absolute Gasteiger partial charge is 1.00 e. The highest BCUT2D eigenvalue weighted by molar-refractivity contribution is 7.99. The van der Waals surface area contributed by atoms with Crippen LogP contribution < -0.4 is 22.3 Å². The third-order valence-corrected chi connectivity index (χ3v) is 4.27. The molecule has 2 rings (SSSR count). The summed E-state index contributed by atoms with van der Waals surface area (Å²) in [6, 6.07) is 2.10. The van der Waals surface area contributed by atoms with Gasteiger partial charge in [-0.05, 0) is 20.9 Å². The molecule has 0 saturated carbocycles. The summed E-state index contributed by atoms with van der Waals surface area (Å²) in [5.74, 6) is 2.14. The molecule has 118 valence electrons. The van der Waals surface area contributed by atoms with Crippen LogP contribution in [0, 0.1) is 6.92 Å². The van der Waals surface area contributed by atoms with E-state index in [1.54, 1.807) is 18.7 Å². The number of hydrogen-bond donors (Lipinski definition) is 0. The maximum absolute atomic E-state index is 11.0. The monoisotopic (exact) mass is 330 g/mol. The number of aromatic amines is 1. The van der Waals surface area contributed by atoms with Gasteiger partial charge in [-0.25, -0.2) is 4.98 Å². The van der Waals surface area contributed by atoms with E-state index in [0.717, 1.165) is 48.6 Å². The summed E-state index contributed by atoms with van der Waals surface area (Å²) in [6.45, 7) is 7.89. The minimum atomic E-state index is 0. The van der Waals surface area contributed by atoms with Crippen LogP contribution in [0.2, 0.25) is 0 Å². The summed E-state index contributed by atoms with van der Waals surface area (Å²) in [4.78, 5) is 23.6. The summed E-state index contributed by atoms with van der Waals surface area (Å²) in [6.07, 6.45) is 0.595. The molecule has 1 aromatic rings. The van der Waals surface area contributed by atoms with E-state index in [-0.39, 0.29) is 18.2 Å². The molecule has 2 heterocycles. The molecule has 0 aromatic carbocycles. The molecule has 0 spiro atoms. The minimum Gasteiger partial charge on any atom is -1.00 e. The number of carbonyl (C=O) groups excluding carboxylic acids is 1. The van der Waals surface area contributed by atoms with Crippen LogP contribution in [0.3, 0.4) is 0 Å². The van der Waals surface area contributed by atoms with Gasteiger partial charge < -0.3 is 17.3 Å². The van der Waals surface area contributed by atoms with E-state index in [9.17, 15) is 4.79 Å². The number of rotatable bonds is 5. The highest BCUT2D eigenvalue weighted by atomic mass is 35.5. The number of piperazine rings is 1. The molecule has 1 aromatic heterocycles. The van der Waals surface area contributed by atoms with Crippen molar-refractivity contribution in [1.82, 2.24) is 9.88 Å². The molecule has 21 heavy (non-hydrogen) atoms. The number of nitrogens with zero attached hydrogens (tertiary/aromatic N) is 3. The maximum atomic E-state index is 11.0. The van der Waals surface area contributed by atoms with E-state index < -0.39 is 0 Å². The Hall–Kier alpha value is -0.850. The Morgan fingerprint density at radius 2 is 2.05 bits per heavy atom. The molecule has 0 amide bonds. The van der Waals surface area contributed by atoms with Gasteiger partial charge in [-0.2, -0.15) is 0 Å². The van der Waals surface area contributed by atoms with Crippen molar-refractivity contribution in [3.05, 3.63) is 11.8 Å². The molecule has 1 saturated heterocycles. The quantitative estimate of drug-likeness (QED) is 0.463. The average molecular weight is 331 g/mol. The Labute approximate surface area is 136 Å². The number of anilines is 1. The van der Waals surface area contributed by atoms with Gasteiger partial charge in [-0.1, -0.05) is 11.8 Å². The van der Waals surface area contributed by atoms with Crippen LogP contribution in [0.1, 0.15) is 19.0 Å². The highest BCUT2D eigenvalue weighted by Crippen LogP contribution is 2.16. The van der Waals surface area contributed by atoms with Gasteiger partial charge in [-0.15, -0.1) is 4.98 Å². The molecule has 1 aliphatic heterocycles. The van der Waals surface area contributed by atoms with Crippen molar-refractivity contribution in [2.45, 2.75) is 25.4 Å². The first-order chi connectivity index (χ1) is 9.54. The average Bonchev–Trinajstić information content (AvgIpc) is 2.38. The van der Waals surface area contributed by atoms with Gasteiger partial charge in [0, 0.05) is 31.3 Å². The third kappa shape index (κ3) is 5.80. The van der Waals surface area contributed by atoms with Crippen LogP contribution in [-0.4, -0.2) is 54.6 Å². The van der Waals surface area contributed by atoms with Gasteiger partial charge in [-0.3, -0.25) is 9.69 Å². The number of aromatic nitrogens is 2. The molecule has 1 N–H and O–H groups in total. The highest BCUT2D eigenvalue weighted by Gasteiger charge is 2.21. The van der Waals surface area contributed by atoms with Crippen molar-refractivity contribution in [2.75, 3.05) is 43.9 Å². The number of carbonyl (C=O) groups is 1. The molecule has 0 aliphatic carbocycles. The topological polar surface area (TPSA) is 50.6 Å². The van der Waals surface area contributed by atoms with Crippen LogP contribution in [0.5, 0.6) is 0 Å². The van der Waals surface area contributed by atoms with Crippen LogP contribution in [0.4, 0.5) is 5.82 Å². The van der Waals surface area contributed by atoms with Gasteiger partial charge in [0.2, 0.25) is 5.82 Å². The normalized spacial score (nSPS) is 15.7. The molecule has 0 unspecified atom stereocenters. The summed E-state index contributed by atoms with van der Waals surface area (Å²) in [5.41, 5.74) is 1.02. The fourth-order valence-electron chi connectivity index (χ4n) is 2.14. The molecule has 0 atom stereocenters.